The van der Waals surface area contributed by atoms with Gasteiger partial charge >= 0.3 is 0 Å². The Morgan fingerprint density at radius 2 is 2.04 bits per heavy atom. The zero-order valence-electron chi connectivity index (χ0n) is 16.0. The summed E-state index contributed by atoms with van der Waals surface area (Å²) >= 11 is 1.75. The van der Waals surface area contributed by atoms with Crippen LogP contribution in [-0.2, 0) is 11.2 Å². The molecule has 2 heterocycles. The van der Waals surface area contributed by atoms with E-state index < -0.39 is 0 Å². The second-order valence-corrected chi connectivity index (χ2v) is 8.80. The van der Waals surface area contributed by atoms with Crippen LogP contribution in [0, 0.1) is 11.3 Å². The summed E-state index contributed by atoms with van der Waals surface area (Å²) < 4.78 is 11.9. The van der Waals surface area contributed by atoms with E-state index in [-0.39, 0.29) is 12.7 Å². The fourth-order valence-electron chi connectivity index (χ4n) is 4.38. The molecule has 2 aromatic rings. The first-order chi connectivity index (χ1) is 13.2. The molecular weight excluding hydrogens is 360 g/mol. The Hall–Kier alpha value is -1.75. The van der Waals surface area contributed by atoms with Gasteiger partial charge in [-0.05, 0) is 58.2 Å². The predicted octanol–water partition coefficient (Wildman–Crippen LogP) is 3.51. The molecule has 1 fully saturated rings. The van der Waals surface area contributed by atoms with E-state index >= 15 is 0 Å². The summed E-state index contributed by atoms with van der Waals surface area (Å²) in [6, 6.07) is 2.71. The quantitative estimate of drug-likeness (QED) is 0.708. The summed E-state index contributed by atoms with van der Waals surface area (Å²) in [5, 5.41) is 9.81. The van der Waals surface area contributed by atoms with Crippen LogP contribution >= 0.6 is 11.3 Å². The Morgan fingerprint density at radius 3 is 2.78 bits per heavy atom. The minimum absolute atomic E-state index is 0.142. The van der Waals surface area contributed by atoms with Gasteiger partial charge in [-0.3, -0.25) is 0 Å². The molecule has 4 rings (SSSR count). The zero-order valence-corrected chi connectivity index (χ0v) is 16.8. The van der Waals surface area contributed by atoms with E-state index in [1.807, 2.05) is 0 Å². The maximum absolute atomic E-state index is 8.73. The summed E-state index contributed by atoms with van der Waals surface area (Å²) in [6.45, 7) is 0.720. The number of aromatic nitrogens is 2. The zero-order chi connectivity index (χ0) is 18.8. The van der Waals surface area contributed by atoms with Gasteiger partial charge in [-0.2, -0.15) is 5.26 Å². The van der Waals surface area contributed by atoms with E-state index in [0.717, 1.165) is 54.6 Å². The lowest BCUT2D eigenvalue weighted by Gasteiger charge is -2.32. The van der Waals surface area contributed by atoms with E-state index in [1.165, 1.54) is 10.4 Å². The molecule has 0 radical (unpaired) electrons. The van der Waals surface area contributed by atoms with Crippen LogP contribution in [0.4, 0.5) is 0 Å². The molecule has 0 unspecified atom stereocenters. The van der Waals surface area contributed by atoms with Gasteiger partial charge in [-0.25, -0.2) is 9.97 Å². The molecular formula is C20H26N4O2S. The van der Waals surface area contributed by atoms with Crippen molar-refractivity contribution in [2.75, 3.05) is 27.3 Å². The van der Waals surface area contributed by atoms with Crippen molar-refractivity contribution in [2.45, 2.75) is 56.6 Å². The number of thiophene rings is 1. The minimum atomic E-state index is 0.142. The van der Waals surface area contributed by atoms with Crippen LogP contribution < -0.4 is 4.74 Å². The third-order valence-corrected chi connectivity index (χ3v) is 7.01. The van der Waals surface area contributed by atoms with Crippen molar-refractivity contribution in [1.82, 2.24) is 14.9 Å². The van der Waals surface area contributed by atoms with Gasteiger partial charge in [0.25, 0.3) is 0 Å². The largest absolute Gasteiger partial charge is 0.474 e. The number of aryl methyl sites for hydroxylation is 1. The van der Waals surface area contributed by atoms with Crippen molar-refractivity contribution >= 4 is 21.6 Å². The van der Waals surface area contributed by atoms with Crippen molar-refractivity contribution in [3.63, 3.8) is 0 Å². The van der Waals surface area contributed by atoms with Gasteiger partial charge in [-0.1, -0.05) is 0 Å². The standard InChI is InChI=1S/C20H26N4O2S/c1-24(2)14-4-6-15(7-5-14)26-19-18-17-13(11-25-10-9-21)3-8-16(17)27-20(18)23-12-22-19/h12-15H,3-8,10-11H2,1-2H3/t13-,14?,15?/m1/s1. The summed E-state index contributed by atoms with van der Waals surface area (Å²) in [5.74, 6) is 1.04. The topological polar surface area (TPSA) is 71.3 Å². The van der Waals surface area contributed by atoms with E-state index in [0.29, 0.717) is 18.6 Å². The van der Waals surface area contributed by atoms with Crippen LogP contribution in [0.2, 0.25) is 0 Å². The maximum Gasteiger partial charge on any atom is 0.225 e. The van der Waals surface area contributed by atoms with Gasteiger partial charge in [0.1, 0.15) is 23.9 Å². The summed E-state index contributed by atoms with van der Waals surface area (Å²) in [6.07, 6.45) is 8.41. The number of hydrogen-bond acceptors (Lipinski definition) is 7. The van der Waals surface area contributed by atoms with Crippen LogP contribution in [0.15, 0.2) is 6.33 Å². The SMILES string of the molecule is CN(C)C1CCC(Oc2ncnc3sc4c(c23)[C@@H](COCC#N)CC4)CC1. The van der Waals surface area contributed by atoms with Crippen molar-refractivity contribution in [1.29, 1.82) is 5.26 Å². The molecule has 2 aliphatic rings. The summed E-state index contributed by atoms with van der Waals surface area (Å²) in [5.41, 5.74) is 1.30. The average molecular weight is 387 g/mol. The first-order valence-corrected chi connectivity index (χ1v) is 10.5. The van der Waals surface area contributed by atoms with Gasteiger partial charge in [0, 0.05) is 16.8 Å². The number of nitriles is 1. The molecule has 27 heavy (non-hydrogen) atoms. The minimum Gasteiger partial charge on any atom is -0.474 e. The lowest BCUT2D eigenvalue weighted by atomic mass is 9.92. The Balaban J connectivity index is 1.55. The molecule has 1 saturated carbocycles. The number of ether oxygens (including phenoxy) is 2. The summed E-state index contributed by atoms with van der Waals surface area (Å²) in [4.78, 5) is 13.7. The molecule has 1 atom stereocenters. The maximum atomic E-state index is 8.73. The smallest absolute Gasteiger partial charge is 0.225 e. The molecule has 2 aliphatic carbocycles. The summed E-state index contributed by atoms with van der Waals surface area (Å²) in [7, 11) is 4.31. The Morgan fingerprint density at radius 1 is 1.22 bits per heavy atom. The molecule has 0 spiro atoms. The lowest BCUT2D eigenvalue weighted by Crippen LogP contribution is -2.35. The fourth-order valence-corrected chi connectivity index (χ4v) is 5.61. The van der Waals surface area contributed by atoms with Crippen LogP contribution in [0.25, 0.3) is 10.2 Å². The van der Waals surface area contributed by atoms with E-state index in [2.05, 4.69) is 35.0 Å². The lowest BCUT2D eigenvalue weighted by molar-refractivity contribution is 0.108. The van der Waals surface area contributed by atoms with E-state index in [4.69, 9.17) is 14.7 Å². The Bertz CT molecular complexity index is 836. The molecule has 0 aliphatic heterocycles. The molecule has 0 N–H and O–H groups in total. The third-order valence-electron chi connectivity index (χ3n) is 5.83. The number of nitrogens with zero attached hydrogens (tertiary/aromatic N) is 4. The Kier molecular flexibility index (Phi) is 5.58. The molecule has 7 heteroatoms. The van der Waals surface area contributed by atoms with E-state index in [1.54, 1.807) is 17.7 Å². The predicted molar refractivity (Wildman–Crippen MR) is 105 cm³/mol. The molecule has 0 bridgehead atoms. The van der Waals surface area contributed by atoms with Crippen LogP contribution in [0.1, 0.15) is 48.5 Å². The number of fused-ring (bicyclic) bond motifs is 3. The first kappa shape index (κ1) is 18.6. The van der Waals surface area contributed by atoms with Crippen LogP contribution in [0.5, 0.6) is 5.88 Å². The van der Waals surface area contributed by atoms with Gasteiger partial charge in [0.2, 0.25) is 5.88 Å². The second kappa shape index (κ2) is 8.09. The molecule has 0 amide bonds. The van der Waals surface area contributed by atoms with Gasteiger partial charge in [0.15, 0.2) is 0 Å². The highest BCUT2D eigenvalue weighted by molar-refractivity contribution is 7.19. The average Bonchev–Trinajstić information content (AvgIpc) is 3.22. The fraction of sp³-hybridized carbons (Fsp3) is 0.650. The van der Waals surface area contributed by atoms with Crippen molar-refractivity contribution in [3.8, 4) is 11.9 Å². The molecule has 2 aromatic heterocycles. The molecule has 0 saturated heterocycles. The second-order valence-electron chi connectivity index (χ2n) is 7.72. The highest BCUT2D eigenvalue weighted by Gasteiger charge is 2.31. The molecule has 144 valence electrons. The highest BCUT2D eigenvalue weighted by Crippen LogP contribution is 2.46. The van der Waals surface area contributed by atoms with E-state index in [9.17, 15) is 0 Å². The Labute approximate surface area is 164 Å². The monoisotopic (exact) mass is 386 g/mol. The number of hydrogen-bond donors (Lipinski definition) is 0. The normalized spacial score (nSPS) is 24.9. The number of rotatable bonds is 6. The van der Waals surface area contributed by atoms with Crippen LogP contribution in [0.3, 0.4) is 0 Å². The molecule has 0 aromatic carbocycles. The highest BCUT2D eigenvalue weighted by atomic mass is 32.1. The molecule has 6 nitrogen and oxygen atoms in total. The van der Waals surface area contributed by atoms with Gasteiger partial charge in [-0.15, -0.1) is 11.3 Å². The first-order valence-electron chi connectivity index (χ1n) is 9.71. The third kappa shape index (κ3) is 3.79. The van der Waals surface area contributed by atoms with Crippen molar-refractivity contribution in [3.05, 3.63) is 16.8 Å². The van der Waals surface area contributed by atoms with Crippen molar-refractivity contribution in [2.24, 2.45) is 0 Å². The van der Waals surface area contributed by atoms with Crippen LogP contribution in [-0.4, -0.2) is 54.3 Å². The van der Waals surface area contributed by atoms with Crippen molar-refractivity contribution < 1.29 is 9.47 Å². The van der Waals surface area contributed by atoms with Gasteiger partial charge in [0.05, 0.1) is 18.1 Å². The van der Waals surface area contributed by atoms with Gasteiger partial charge < -0.3 is 14.4 Å².